The monoisotopic (exact) mass is 337 g/mol. The molecule has 1 heterocycles. The molecule has 20 heavy (non-hydrogen) atoms. The van der Waals surface area contributed by atoms with Crippen LogP contribution in [-0.2, 0) is 13.1 Å². The number of hydrogen-bond donors (Lipinski definition) is 1. The molecule has 0 unspecified atom stereocenters. The van der Waals surface area contributed by atoms with Crippen molar-refractivity contribution in [2.45, 2.75) is 33.0 Å². The fourth-order valence-electron chi connectivity index (χ4n) is 1.80. The summed E-state index contributed by atoms with van der Waals surface area (Å²) in [7, 11) is 0. The average molecular weight is 338 g/mol. The van der Waals surface area contributed by atoms with Gasteiger partial charge in [-0.2, -0.15) is 0 Å². The Balaban J connectivity index is 1.82. The fraction of sp³-hybridized carbons (Fsp3) is 0.400. The Hall–Kier alpha value is -1.33. The van der Waals surface area contributed by atoms with Crippen molar-refractivity contribution in [1.29, 1.82) is 0 Å². The zero-order valence-electron chi connectivity index (χ0n) is 11.8. The third kappa shape index (κ3) is 4.65. The van der Waals surface area contributed by atoms with Crippen molar-refractivity contribution >= 4 is 15.9 Å². The van der Waals surface area contributed by atoms with Crippen LogP contribution >= 0.6 is 15.9 Å². The first-order valence-corrected chi connectivity index (χ1v) is 7.56. The third-order valence-corrected chi connectivity index (χ3v) is 3.41. The van der Waals surface area contributed by atoms with E-state index in [4.69, 9.17) is 4.74 Å². The molecule has 0 amide bonds. The van der Waals surface area contributed by atoms with Gasteiger partial charge in [-0.3, -0.25) is 0 Å². The number of aromatic nitrogens is 2. The molecule has 0 bridgehead atoms. The van der Waals surface area contributed by atoms with E-state index in [0.717, 1.165) is 29.1 Å². The van der Waals surface area contributed by atoms with E-state index in [2.05, 4.69) is 44.6 Å². The normalized spacial score (nSPS) is 11.0. The summed E-state index contributed by atoms with van der Waals surface area (Å²) < 4.78 is 8.90. The molecule has 0 aliphatic heterocycles. The van der Waals surface area contributed by atoms with Crippen molar-refractivity contribution in [2.75, 3.05) is 6.61 Å². The lowest BCUT2D eigenvalue weighted by Gasteiger charge is -2.11. The number of benzene rings is 1. The quantitative estimate of drug-likeness (QED) is 0.843. The van der Waals surface area contributed by atoms with Crippen LogP contribution in [0.1, 0.15) is 19.7 Å². The van der Waals surface area contributed by atoms with Crippen LogP contribution in [0.2, 0.25) is 0 Å². The van der Waals surface area contributed by atoms with Crippen molar-refractivity contribution in [3.05, 3.63) is 47.0 Å². The van der Waals surface area contributed by atoms with E-state index in [1.165, 1.54) is 0 Å². The molecule has 1 aromatic heterocycles. The first-order valence-electron chi connectivity index (χ1n) is 6.77. The number of imidazole rings is 1. The summed E-state index contributed by atoms with van der Waals surface area (Å²) in [5.41, 5.74) is 0. The van der Waals surface area contributed by atoms with Crippen molar-refractivity contribution < 1.29 is 4.74 Å². The first kappa shape index (κ1) is 15.1. The SMILES string of the molecule is CC(C)NCc1nccn1CCOc1ccc(Br)cc1. The molecule has 2 aromatic rings. The van der Waals surface area contributed by atoms with Gasteiger partial charge < -0.3 is 14.6 Å². The van der Waals surface area contributed by atoms with E-state index in [9.17, 15) is 0 Å². The molecule has 0 radical (unpaired) electrons. The molecule has 1 aromatic carbocycles. The highest BCUT2D eigenvalue weighted by Crippen LogP contribution is 2.16. The van der Waals surface area contributed by atoms with Gasteiger partial charge in [0.15, 0.2) is 0 Å². The highest BCUT2D eigenvalue weighted by molar-refractivity contribution is 9.10. The maximum Gasteiger partial charge on any atom is 0.122 e. The minimum atomic E-state index is 0.458. The summed E-state index contributed by atoms with van der Waals surface area (Å²) in [6.07, 6.45) is 3.82. The van der Waals surface area contributed by atoms with Crippen molar-refractivity contribution in [1.82, 2.24) is 14.9 Å². The van der Waals surface area contributed by atoms with E-state index in [-0.39, 0.29) is 0 Å². The van der Waals surface area contributed by atoms with E-state index in [1.54, 1.807) is 0 Å². The van der Waals surface area contributed by atoms with Gasteiger partial charge in [0.2, 0.25) is 0 Å². The number of nitrogens with one attached hydrogen (secondary N) is 1. The Bertz CT molecular complexity index is 522. The zero-order chi connectivity index (χ0) is 14.4. The molecular formula is C15H20BrN3O. The summed E-state index contributed by atoms with van der Waals surface area (Å²) in [6, 6.07) is 8.33. The van der Waals surface area contributed by atoms with Gasteiger partial charge >= 0.3 is 0 Å². The second-order valence-electron chi connectivity index (χ2n) is 4.87. The minimum Gasteiger partial charge on any atom is -0.492 e. The van der Waals surface area contributed by atoms with Gasteiger partial charge in [-0.1, -0.05) is 29.8 Å². The highest BCUT2D eigenvalue weighted by atomic mass is 79.9. The molecule has 0 saturated heterocycles. The van der Waals surface area contributed by atoms with E-state index >= 15 is 0 Å². The molecular weight excluding hydrogens is 318 g/mol. The summed E-state index contributed by atoms with van der Waals surface area (Å²) in [6.45, 7) is 6.47. The molecule has 2 rings (SSSR count). The van der Waals surface area contributed by atoms with Gasteiger partial charge in [-0.25, -0.2) is 4.98 Å². The predicted octanol–water partition coefficient (Wildman–Crippen LogP) is 3.22. The number of hydrogen-bond acceptors (Lipinski definition) is 3. The summed E-state index contributed by atoms with van der Waals surface area (Å²) >= 11 is 3.41. The van der Waals surface area contributed by atoms with Gasteiger partial charge in [0.05, 0.1) is 13.1 Å². The van der Waals surface area contributed by atoms with Crippen LogP contribution in [0.25, 0.3) is 0 Å². The number of rotatable bonds is 7. The molecule has 0 aliphatic carbocycles. The van der Waals surface area contributed by atoms with Gasteiger partial charge in [0.1, 0.15) is 18.2 Å². The number of nitrogens with zero attached hydrogens (tertiary/aromatic N) is 2. The Kier molecular flexibility index (Phi) is 5.61. The van der Waals surface area contributed by atoms with Crippen LogP contribution < -0.4 is 10.1 Å². The second-order valence-corrected chi connectivity index (χ2v) is 5.79. The van der Waals surface area contributed by atoms with Crippen LogP contribution in [0.3, 0.4) is 0 Å². The van der Waals surface area contributed by atoms with Gasteiger partial charge in [0, 0.05) is 22.9 Å². The topological polar surface area (TPSA) is 39.1 Å². The lowest BCUT2D eigenvalue weighted by Crippen LogP contribution is -2.24. The second kappa shape index (κ2) is 7.45. The molecule has 0 spiro atoms. The molecule has 1 N–H and O–H groups in total. The standard InChI is InChI=1S/C15H20BrN3O/c1-12(2)18-11-15-17-7-8-19(15)9-10-20-14-5-3-13(16)4-6-14/h3-8,12,18H,9-11H2,1-2H3. The Morgan fingerprint density at radius 1 is 1.30 bits per heavy atom. The molecule has 0 fully saturated rings. The number of halogens is 1. The third-order valence-electron chi connectivity index (χ3n) is 2.88. The van der Waals surface area contributed by atoms with E-state index in [1.807, 2.05) is 36.7 Å². The summed E-state index contributed by atoms with van der Waals surface area (Å²) in [5, 5.41) is 3.37. The lowest BCUT2D eigenvalue weighted by molar-refractivity contribution is 0.295. The van der Waals surface area contributed by atoms with Crippen molar-refractivity contribution in [3.8, 4) is 5.75 Å². The maximum absolute atomic E-state index is 5.73. The Morgan fingerprint density at radius 3 is 2.75 bits per heavy atom. The van der Waals surface area contributed by atoms with Gasteiger partial charge in [0.25, 0.3) is 0 Å². The minimum absolute atomic E-state index is 0.458. The summed E-state index contributed by atoms with van der Waals surface area (Å²) in [5.74, 6) is 1.92. The maximum atomic E-state index is 5.73. The molecule has 0 aliphatic rings. The van der Waals surface area contributed by atoms with Crippen LogP contribution in [0.15, 0.2) is 41.1 Å². The predicted molar refractivity (Wildman–Crippen MR) is 83.8 cm³/mol. The van der Waals surface area contributed by atoms with Crippen molar-refractivity contribution in [3.63, 3.8) is 0 Å². The van der Waals surface area contributed by atoms with E-state index < -0.39 is 0 Å². The Labute approximate surface area is 128 Å². The first-order chi connectivity index (χ1) is 9.65. The molecule has 5 heteroatoms. The van der Waals surface area contributed by atoms with Crippen LogP contribution in [0.4, 0.5) is 0 Å². The smallest absolute Gasteiger partial charge is 0.122 e. The molecule has 0 saturated carbocycles. The number of ether oxygens (including phenoxy) is 1. The van der Waals surface area contributed by atoms with Crippen molar-refractivity contribution in [2.24, 2.45) is 0 Å². The van der Waals surface area contributed by atoms with Crippen LogP contribution in [0.5, 0.6) is 5.75 Å². The Morgan fingerprint density at radius 2 is 2.05 bits per heavy atom. The van der Waals surface area contributed by atoms with Crippen LogP contribution in [-0.4, -0.2) is 22.2 Å². The largest absolute Gasteiger partial charge is 0.492 e. The van der Waals surface area contributed by atoms with E-state index in [0.29, 0.717) is 12.6 Å². The molecule has 108 valence electrons. The van der Waals surface area contributed by atoms with Gasteiger partial charge in [-0.05, 0) is 24.3 Å². The fourth-order valence-corrected chi connectivity index (χ4v) is 2.06. The summed E-state index contributed by atoms with van der Waals surface area (Å²) in [4.78, 5) is 4.36. The lowest BCUT2D eigenvalue weighted by atomic mass is 10.3. The van der Waals surface area contributed by atoms with Gasteiger partial charge in [-0.15, -0.1) is 0 Å². The molecule has 4 nitrogen and oxygen atoms in total. The highest BCUT2D eigenvalue weighted by Gasteiger charge is 2.03. The average Bonchev–Trinajstić information content (AvgIpc) is 2.86. The molecule has 0 atom stereocenters. The van der Waals surface area contributed by atoms with Crippen LogP contribution in [0, 0.1) is 0 Å². The zero-order valence-corrected chi connectivity index (χ0v) is 13.4.